The number of hydrogen-bond acceptors (Lipinski definition) is 8. The topological polar surface area (TPSA) is 75.7 Å². The van der Waals surface area contributed by atoms with Crippen molar-refractivity contribution in [3.05, 3.63) is 29.8 Å². The number of anilines is 1. The molecule has 4 aliphatic heterocycles. The Morgan fingerprint density at radius 3 is 2.51 bits per heavy atom. The van der Waals surface area contributed by atoms with Crippen LogP contribution in [0.15, 0.2) is 24.3 Å². The number of aryl methyl sites for hydroxylation is 1. The zero-order valence-electron chi connectivity index (χ0n) is 24.5. The van der Waals surface area contributed by atoms with Crippen molar-refractivity contribution in [3.8, 4) is 0 Å². The van der Waals surface area contributed by atoms with Crippen LogP contribution in [-0.2, 0) is 39.9 Å². The summed E-state index contributed by atoms with van der Waals surface area (Å²) in [7, 11) is 0. The van der Waals surface area contributed by atoms with Crippen LogP contribution >= 0.6 is 23.2 Å². The first-order valence-corrected chi connectivity index (χ1v) is 16.3. The maximum absolute atomic E-state index is 12.4. The van der Waals surface area contributed by atoms with Gasteiger partial charge in [-0.25, -0.2) is 9.78 Å². The van der Waals surface area contributed by atoms with E-state index < -0.39 is 24.0 Å². The molecule has 4 heterocycles. The van der Waals surface area contributed by atoms with Crippen molar-refractivity contribution in [1.29, 1.82) is 0 Å². The smallest absolute Gasteiger partial charge is 0.305 e. The van der Waals surface area contributed by atoms with E-state index in [0.717, 1.165) is 57.3 Å². The second-order valence-electron chi connectivity index (χ2n) is 12.2. The normalized spacial score (nSPS) is 35.9. The summed E-state index contributed by atoms with van der Waals surface area (Å²) < 4.78 is 24.4. The Labute approximate surface area is 254 Å². The van der Waals surface area contributed by atoms with Crippen molar-refractivity contribution in [1.82, 2.24) is 0 Å². The molecule has 5 fully saturated rings. The van der Waals surface area contributed by atoms with Gasteiger partial charge < -0.3 is 23.8 Å². The van der Waals surface area contributed by atoms with Gasteiger partial charge in [-0.05, 0) is 68.6 Å². The standard InChI is InChI=1S/C31H45Cl2NO7/c1-21-7-12-26-22(2)28(38-29-31(26)25(21)13-14-30(3,39-29)40-41-31)37-20-19-36-27(35)6-4-5-23-8-10-24(11-9-23)34(17-15-32)18-16-33/h8-11,21-22,25-26,28-29H,4-7,12-20H2,1-3H3/t21-,22-,25+,26+,28-,29-,30-,31-/m1/s1. The van der Waals surface area contributed by atoms with Crippen LogP contribution in [0.25, 0.3) is 0 Å². The Hall–Kier alpha value is -1.13. The number of esters is 1. The lowest BCUT2D eigenvalue weighted by molar-refractivity contribution is -0.577. The number of nitrogens with zero attached hydrogens (tertiary/aromatic N) is 1. The third-order valence-corrected chi connectivity index (χ3v) is 9.92. The zero-order chi connectivity index (χ0) is 29.0. The average Bonchev–Trinajstić information content (AvgIpc) is 3.19. The van der Waals surface area contributed by atoms with Crippen LogP contribution in [0.4, 0.5) is 5.69 Å². The third kappa shape index (κ3) is 6.69. The van der Waals surface area contributed by atoms with Crippen molar-refractivity contribution < 1.29 is 33.5 Å². The molecule has 0 aromatic heterocycles. The molecular weight excluding hydrogens is 569 g/mol. The van der Waals surface area contributed by atoms with Gasteiger partial charge in [0, 0.05) is 55.2 Å². The monoisotopic (exact) mass is 613 g/mol. The summed E-state index contributed by atoms with van der Waals surface area (Å²) in [5.41, 5.74) is 1.68. The Morgan fingerprint density at radius 1 is 1.02 bits per heavy atom. The van der Waals surface area contributed by atoms with Gasteiger partial charge in [0.05, 0.1) is 6.61 Å². The van der Waals surface area contributed by atoms with Crippen molar-refractivity contribution in [2.24, 2.45) is 23.7 Å². The molecule has 5 aliphatic rings. The summed E-state index contributed by atoms with van der Waals surface area (Å²) in [4.78, 5) is 26.6. The lowest BCUT2D eigenvalue weighted by atomic mass is 9.58. The zero-order valence-corrected chi connectivity index (χ0v) is 26.0. The first-order chi connectivity index (χ1) is 19.8. The quantitative estimate of drug-likeness (QED) is 0.115. The van der Waals surface area contributed by atoms with E-state index in [0.29, 0.717) is 30.0 Å². The number of benzene rings is 1. The van der Waals surface area contributed by atoms with Gasteiger partial charge in [0.1, 0.15) is 6.61 Å². The highest BCUT2D eigenvalue weighted by atomic mass is 35.5. The van der Waals surface area contributed by atoms with Crippen molar-refractivity contribution in [3.63, 3.8) is 0 Å². The van der Waals surface area contributed by atoms with E-state index in [4.69, 9.17) is 51.9 Å². The minimum atomic E-state index is -0.810. The van der Waals surface area contributed by atoms with Crippen LogP contribution in [0.5, 0.6) is 0 Å². The predicted molar refractivity (Wildman–Crippen MR) is 157 cm³/mol. The maximum atomic E-state index is 12.4. The summed E-state index contributed by atoms with van der Waals surface area (Å²) in [5.74, 6) is 1.21. The second kappa shape index (κ2) is 13.7. The molecule has 1 spiro atoms. The fraction of sp³-hybridized carbons (Fsp3) is 0.774. The molecule has 2 bridgehead atoms. The van der Waals surface area contributed by atoms with Gasteiger partial charge in [0.2, 0.25) is 5.79 Å². The highest BCUT2D eigenvalue weighted by Gasteiger charge is 2.69. The van der Waals surface area contributed by atoms with Gasteiger partial charge in [-0.3, -0.25) is 4.79 Å². The molecular formula is C31H45Cl2NO7. The molecule has 0 N–H and O–H groups in total. The lowest BCUT2D eigenvalue weighted by Gasteiger charge is -2.60. The van der Waals surface area contributed by atoms with Gasteiger partial charge in [-0.1, -0.05) is 26.0 Å². The van der Waals surface area contributed by atoms with E-state index in [9.17, 15) is 4.79 Å². The number of rotatable bonds is 13. The molecule has 8 atom stereocenters. The molecule has 0 unspecified atom stereocenters. The average molecular weight is 615 g/mol. The van der Waals surface area contributed by atoms with Gasteiger partial charge in [-0.15, -0.1) is 23.2 Å². The SMILES string of the molecule is C[C@H]1[C@H](OCCOC(=O)CCCc2ccc(N(CCCl)CCCl)cc2)O[C@@H]2O[C@@]3(C)CC[C@H]4[C@H](C)CC[C@@H]1[C@@]24OO3. The second-order valence-corrected chi connectivity index (χ2v) is 13.0. The number of halogens is 2. The minimum Gasteiger partial charge on any atom is -0.463 e. The van der Waals surface area contributed by atoms with Crippen LogP contribution in [0.1, 0.15) is 64.9 Å². The van der Waals surface area contributed by atoms with Gasteiger partial charge in [-0.2, -0.15) is 0 Å². The van der Waals surface area contributed by atoms with Gasteiger partial charge >= 0.3 is 5.97 Å². The molecule has 41 heavy (non-hydrogen) atoms. The van der Waals surface area contributed by atoms with E-state index in [1.54, 1.807) is 0 Å². The summed E-state index contributed by atoms with van der Waals surface area (Å²) >= 11 is 11.8. The number of ether oxygens (including phenoxy) is 4. The first-order valence-electron chi connectivity index (χ1n) is 15.2. The molecule has 1 aromatic rings. The third-order valence-electron chi connectivity index (χ3n) is 9.58. The number of fused-ring (bicyclic) bond motifs is 2. The minimum absolute atomic E-state index is 0.0925. The number of carbonyl (C=O) groups is 1. The van der Waals surface area contributed by atoms with Crippen molar-refractivity contribution in [2.75, 3.05) is 43.0 Å². The van der Waals surface area contributed by atoms with Gasteiger partial charge in [0.25, 0.3) is 0 Å². The lowest BCUT2D eigenvalue weighted by Crippen LogP contribution is -2.70. The molecule has 6 rings (SSSR count). The number of alkyl halides is 2. The molecule has 4 saturated heterocycles. The van der Waals surface area contributed by atoms with Crippen LogP contribution in [0, 0.1) is 23.7 Å². The summed E-state index contributed by atoms with van der Waals surface area (Å²) in [6.07, 6.45) is 4.82. The summed E-state index contributed by atoms with van der Waals surface area (Å²) in [6, 6.07) is 8.35. The summed E-state index contributed by atoms with van der Waals surface area (Å²) in [5, 5.41) is 0. The Balaban J connectivity index is 1.05. The Kier molecular flexibility index (Phi) is 10.4. The Morgan fingerprint density at radius 2 is 1.78 bits per heavy atom. The molecule has 1 aliphatic carbocycles. The van der Waals surface area contributed by atoms with Crippen molar-refractivity contribution >= 4 is 34.9 Å². The molecule has 0 amide bonds. The van der Waals surface area contributed by atoms with E-state index >= 15 is 0 Å². The molecule has 10 heteroatoms. The highest BCUT2D eigenvalue weighted by molar-refractivity contribution is 6.18. The Bertz CT molecular complexity index is 1010. The van der Waals surface area contributed by atoms with E-state index in [2.05, 4.69) is 43.0 Å². The van der Waals surface area contributed by atoms with E-state index in [1.807, 2.05) is 6.92 Å². The maximum Gasteiger partial charge on any atom is 0.305 e. The molecule has 230 valence electrons. The van der Waals surface area contributed by atoms with E-state index in [1.165, 1.54) is 5.56 Å². The highest BCUT2D eigenvalue weighted by Crippen LogP contribution is 2.60. The van der Waals surface area contributed by atoms with Gasteiger partial charge in [0.15, 0.2) is 18.2 Å². The molecule has 8 nitrogen and oxygen atoms in total. The fourth-order valence-corrected chi connectivity index (χ4v) is 7.75. The van der Waals surface area contributed by atoms with E-state index in [-0.39, 0.29) is 31.0 Å². The largest absolute Gasteiger partial charge is 0.463 e. The number of hydrogen-bond donors (Lipinski definition) is 0. The van der Waals surface area contributed by atoms with Crippen LogP contribution in [0.2, 0.25) is 0 Å². The fourth-order valence-electron chi connectivity index (χ4n) is 7.34. The molecule has 1 saturated carbocycles. The molecule has 0 radical (unpaired) electrons. The van der Waals surface area contributed by atoms with Crippen LogP contribution in [0.3, 0.4) is 0 Å². The van der Waals surface area contributed by atoms with Crippen molar-refractivity contribution in [2.45, 2.75) is 89.7 Å². The number of carbonyl (C=O) groups excluding carboxylic acids is 1. The predicted octanol–water partition coefficient (Wildman–Crippen LogP) is 6.06. The first kappa shape index (κ1) is 31.3. The summed E-state index contributed by atoms with van der Waals surface area (Å²) in [6.45, 7) is 8.35. The van der Waals surface area contributed by atoms with Crippen LogP contribution < -0.4 is 4.90 Å². The van der Waals surface area contributed by atoms with Crippen LogP contribution in [-0.4, -0.2) is 68.0 Å². The molecule has 1 aromatic carbocycles.